The number of aryl methyl sites for hydroxylation is 1. The molecule has 9 aromatic carbocycles. The summed E-state index contributed by atoms with van der Waals surface area (Å²) in [4.78, 5) is 0. The van der Waals surface area contributed by atoms with Crippen LogP contribution in [0, 0.1) is 5.92 Å². The molecule has 1 aromatic heterocycles. The zero-order valence-electron chi connectivity index (χ0n) is 36.8. The van der Waals surface area contributed by atoms with E-state index in [-0.39, 0.29) is 11.3 Å². The summed E-state index contributed by atoms with van der Waals surface area (Å²) >= 11 is 1.94. The molecule has 0 bridgehead atoms. The molecule has 66 heavy (non-hydrogen) atoms. The standard InChI is InChI=1S/C65H48S/c1-4-20-45(21-5-1)46-38-40-47(41-39-46)51(55-30-17-31-56-53-28-11-15-36-61(53)66-63(55)56)42-37-44-19-16-26-50(43-44)64(48-22-6-2-7-23-48)58-33-13-14-34-59(58)65(49-24-8-3-9-25-49)57-32-12-10-27-52(57)54-29-18-35-60(64)62(54)65/h1-31,33-36,38-41,43,51,57H,32,37,42H2/t51-,57?,64?,65?/m0/s1. The van der Waals surface area contributed by atoms with Gasteiger partial charge in [-0.05, 0) is 103 Å². The summed E-state index contributed by atoms with van der Waals surface area (Å²) in [6.07, 6.45) is 10.0. The van der Waals surface area contributed by atoms with E-state index in [1.54, 1.807) is 0 Å². The molecule has 0 saturated carbocycles. The van der Waals surface area contributed by atoms with Crippen LogP contribution in [0.4, 0.5) is 0 Å². The van der Waals surface area contributed by atoms with Crippen LogP contribution in [0.3, 0.4) is 0 Å². The fourth-order valence-corrected chi connectivity index (χ4v) is 13.9. The highest BCUT2D eigenvalue weighted by Crippen LogP contribution is 2.67. The van der Waals surface area contributed by atoms with E-state index in [0.717, 1.165) is 19.3 Å². The van der Waals surface area contributed by atoms with E-state index in [9.17, 15) is 0 Å². The van der Waals surface area contributed by atoms with Crippen molar-refractivity contribution in [1.29, 1.82) is 0 Å². The molecule has 0 fully saturated rings. The van der Waals surface area contributed by atoms with Crippen LogP contribution in [0.5, 0.6) is 0 Å². The lowest BCUT2D eigenvalue weighted by molar-refractivity contribution is 0.454. The van der Waals surface area contributed by atoms with Gasteiger partial charge < -0.3 is 0 Å². The molecule has 0 amide bonds. The molecule has 0 saturated heterocycles. The summed E-state index contributed by atoms with van der Waals surface area (Å²) in [6, 6.07) is 85.3. The maximum atomic E-state index is 2.57. The van der Waals surface area contributed by atoms with Crippen LogP contribution in [0.2, 0.25) is 0 Å². The van der Waals surface area contributed by atoms with E-state index >= 15 is 0 Å². The Morgan fingerprint density at radius 3 is 1.97 bits per heavy atom. The van der Waals surface area contributed by atoms with Crippen LogP contribution in [0.15, 0.2) is 243 Å². The normalized spacial score (nSPS) is 19.5. The average molecular weight is 861 g/mol. The van der Waals surface area contributed by atoms with E-state index in [2.05, 4.69) is 243 Å². The number of allylic oxidation sites excluding steroid dienone is 4. The second-order valence-electron chi connectivity index (χ2n) is 18.5. The van der Waals surface area contributed by atoms with Crippen LogP contribution in [0.1, 0.15) is 80.0 Å². The molecule has 3 aliphatic rings. The van der Waals surface area contributed by atoms with Crippen molar-refractivity contribution in [3.63, 3.8) is 0 Å². The zero-order valence-corrected chi connectivity index (χ0v) is 37.6. The highest BCUT2D eigenvalue weighted by molar-refractivity contribution is 7.26. The Bertz CT molecular complexity index is 3500. The second kappa shape index (κ2) is 15.7. The van der Waals surface area contributed by atoms with Crippen molar-refractivity contribution in [2.45, 2.75) is 36.0 Å². The minimum absolute atomic E-state index is 0.211. The number of hydrogen-bond acceptors (Lipinski definition) is 1. The number of fused-ring (bicyclic) bond motifs is 8. The molecule has 4 atom stereocenters. The highest BCUT2D eigenvalue weighted by atomic mass is 32.1. The molecule has 0 N–H and O–H groups in total. The monoisotopic (exact) mass is 860 g/mol. The van der Waals surface area contributed by atoms with Crippen LogP contribution >= 0.6 is 11.3 Å². The Kier molecular flexibility index (Phi) is 9.29. The molecule has 13 rings (SSSR count). The van der Waals surface area contributed by atoms with Gasteiger partial charge in [0.2, 0.25) is 0 Å². The summed E-state index contributed by atoms with van der Waals surface area (Å²) in [5, 5.41) is 2.70. The molecular formula is C65H48S. The van der Waals surface area contributed by atoms with Crippen LogP contribution in [-0.2, 0) is 17.3 Å². The highest BCUT2D eigenvalue weighted by Gasteiger charge is 2.60. The molecule has 0 radical (unpaired) electrons. The van der Waals surface area contributed by atoms with Crippen molar-refractivity contribution >= 4 is 37.1 Å². The fourth-order valence-electron chi connectivity index (χ4n) is 12.7. The molecule has 3 unspecified atom stereocenters. The molecule has 3 aliphatic carbocycles. The lowest BCUT2D eigenvalue weighted by Crippen LogP contribution is -2.46. The number of benzene rings is 9. The van der Waals surface area contributed by atoms with Gasteiger partial charge in [-0.15, -0.1) is 11.3 Å². The predicted octanol–water partition coefficient (Wildman–Crippen LogP) is 16.5. The van der Waals surface area contributed by atoms with Gasteiger partial charge >= 0.3 is 0 Å². The predicted molar refractivity (Wildman–Crippen MR) is 278 cm³/mol. The molecule has 0 nitrogen and oxygen atoms in total. The first-order valence-corrected chi connectivity index (χ1v) is 24.4. The van der Waals surface area contributed by atoms with Gasteiger partial charge in [0.15, 0.2) is 0 Å². The molecule has 0 aliphatic heterocycles. The summed E-state index contributed by atoms with van der Waals surface area (Å²) in [5.41, 5.74) is 18.3. The van der Waals surface area contributed by atoms with Crippen LogP contribution < -0.4 is 0 Å². The van der Waals surface area contributed by atoms with Gasteiger partial charge in [-0.2, -0.15) is 0 Å². The maximum absolute atomic E-state index is 2.57. The Morgan fingerprint density at radius 2 is 1.15 bits per heavy atom. The van der Waals surface area contributed by atoms with E-state index in [1.165, 1.54) is 98.1 Å². The third-order valence-corrected chi connectivity index (χ3v) is 16.6. The Morgan fingerprint density at radius 1 is 0.515 bits per heavy atom. The van der Waals surface area contributed by atoms with Crippen molar-refractivity contribution in [3.8, 4) is 11.1 Å². The van der Waals surface area contributed by atoms with E-state index in [0.29, 0.717) is 5.92 Å². The maximum Gasteiger partial charge on any atom is 0.0708 e. The number of rotatable bonds is 9. The second-order valence-corrected chi connectivity index (χ2v) is 19.6. The summed E-state index contributed by atoms with van der Waals surface area (Å²) in [7, 11) is 0. The van der Waals surface area contributed by atoms with Gasteiger partial charge in [0.05, 0.1) is 10.8 Å². The van der Waals surface area contributed by atoms with Gasteiger partial charge in [-0.3, -0.25) is 0 Å². The Hall–Kier alpha value is -7.32. The third-order valence-electron chi connectivity index (χ3n) is 15.4. The Balaban J connectivity index is 0.983. The largest absolute Gasteiger partial charge is 0.135 e. The van der Waals surface area contributed by atoms with Crippen molar-refractivity contribution in [2.24, 2.45) is 5.92 Å². The van der Waals surface area contributed by atoms with Gasteiger partial charge in [-0.1, -0.05) is 237 Å². The minimum atomic E-state index is -0.547. The quantitative estimate of drug-likeness (QED) is 0.136. The lowest BCUT2D eigenvalue weighted by Gasteiger charge is -2.51. The molecular weight excluding hydrogens is 813 g/mol. The van der Waals surface area contributed by atoms with Crippen molar-refractivity contribution in [2.75, 3.05) is 0 Å². The molecule has 314 valence electrons. The molecule has 1 heterocycles. The lowest BCUT2D eigenvalue weighted by atomic mass is 9.50. The zero-order chi connectivity index (χ0) is 43.7. The first-order chi connectivity index (χ1) is 32.7. The van der Waals surface area contributed by atoms with Gasteiger partial charge in [0, 0.05) is 32.0 Å². The number of hydrogen-bond donors (Lipinski definition) is 0. The van der Waals surface area contributed by atoms with Gasteiger partial charge in [0.1, 0.15) is 0 Å². The average Bonchev–Trinajstić information content (AvgIpc) is 3.93. The van der Waals surface area contributed by atoms with E-state index < -0.39 is 5.41 Å². The molecule has 1 heteroatoms. The van der Waals surface area contributed by atoms with E-state index in [4.69, 9.17) is 0 Å². The van der Waals surface area contributed by atoms with Gasteiger partial charge in [-0.25, -0.2) is 0 Å². The first-order valence-electron chi connectivity index (χ1n) is 23.6. The molecule has 10 aromatic rings. The van der Waals surface area contributed by atoms with Crippen molar-refractivity contribution < 1.29 is 0 Å². The van der Waals surface area contributed by atoms with Gasteiger partial charge in [0.25, 0.3) is 0 Å². The SMILES string of the molecule is C1=CCC2C(=C1)c1cccc3c1C2(c1ccccc1)c1ccccc1C3(c1ccccc1)c1cccc(CC[C@@H](c2ccc(-c3ccccc3)cc2)c2cccc3c2sc2ccccc23)c1. The van der Waals surface area contributed by atoms with E-state index in [1.807, 2.05) is 11.3 Å². The Labute approximate surface area is 391 Å². The van der Waals surface area contributed by atoms with Crippen molar-refractivity contribution in [1.82, 2.24) is 0 Å². The molecule has 0 spiro atoms. The smallest absolute Gasteiger partial charge is 0.0708 e. The fraction of sp³-hybridized carbons (Fsp3) is 0.108. The van der Waals surface area contributed by atoms with Crippen LogP contribution in [0.25, 0.3) is 36.9 Å². The topological polar surface area (TPSA) is 0 Å². The van der Waals surface area contributed by atoms with Crippen molar-refractivity contribution in [3.05, 3.63) is 304 Å². The first kappa shape index (κ1) is 39.1. The third kappa shape index (κ3) is 5.76. The summed E-state index contributed by atoms with van der Waals surface area (Å²) in [5.74, 6) is 0.509. The number of thiophene rings is 1. The van der Waals surface area contributed by atoms with Crippen LogP contribution in [-0.4, -0.2) is 0 Å². The minimum Gasteiger partial charge on any atom is -0.135 e. The summed E-state index contributed by atoms with van der Waals surface area (Å²) in [6.45, 7) is 0. The summed E-state index contributed by atoms with van der Waals surface area (Å²) < 4.78 is 2.75.